The summed E-state index contributed by atoms with van der Waals surface area (Å²) in [5.41, 5.74) is 7.13. The van der Waals surface area contributed by atoms with Crippen LogP contribution in [-0.2, 0) is 0 Å². The van der Waals surface area contributed by atoms with Crippen LogP contribution in [0.5, 0.6) is 11.5 Å². The number of amides is 1. The maximum atomic E-state index is 14.7. The van der Waals surface area contributed by atoms with Crippen LogP contribution >= 0.6 is 0 Å². The molecule has 0 saturated heterocycles. The number of primary amides is 1. The molecule has 2 aromatic heterocycles. The Morgan fingerprint density at radius 3 is 2.42 bits per heavy atom. The van der Waals surface area contributed by atoms with Crippen LogP contribution in [0, 0.1) is 5.82 Å². The number of aromatic nitrogens is 2. The normalized spacial score (nSPS) is 10.7. The number of nitrogens with two attached hydrogens (primary N) is 1. The summed E-state index contributed by atoms with van der Waals surface area (Å²) < 4.78 is 25.6. The molecule has 2 aromatic carbocycles. The van der Waals surface area contributed by atoms with Crippen molar-refractivity contribution in [1.29, 1.82) is 0 Å². The maximum absolute atomic E-state index is 14.7. The molecule has 0 saturated carbocycles. The fourth-order valence-corrected chi connectivity index (χ4v) is 3.18. The molecule has 9 heteroatoms. The average molecular weight is 447 g/mol. The van der Waals surface area contributed by atoms with E-state index in [-0.39, 0.29) is 30.2 Å². The van der Waals surface area contributed by atoms with E-state index in [4.69, 9.17) is 20.3 Å². The molecule has 0 aliphatic carbocycles. The van der Waals surface area contributed by atoms with Crippen LogP contribution in [0.25, 0.3) is 22.0 Å². The first kappa shape index (κ1) is 21.7. The zero-order valence-corrected chi connectivity index (χ0v) is 17.2. The van der Waals surface area contributed by atoms with E-state index in [1.54, 1.807) is 24.5 Å². The van der Waals surface area contributed by atoms with Crippen molar-refractivity contribution in [2.24, 2.45) is 5.73 Å². The second kappa shape index (κ2) is 9.31. The molecule has 166 valence electrons. The largest absolute Gasteiger partial charge is 0.490 e. The molecule has 0 aliphatic heterocycles. The Balaban J connectivity index is 1.44. The van der Waals surface area contributed by atoms with Crippen molar-refractivity contribution < 1.29 is 28.6 Å². The second-order valence-corrected chi connectivity index (χ2v) is 6.99. The Bertz CT molecular complexity index is 1340. The first-order valence-electron chi connectivity index (χ1n) is 9.86. The van der Waals surface area contributed by atoms with Crippen LogP contribution in [0.2, 0.25) is 0 Å². The number of carboxylic acids is 1. The lowest BCUT2D eigenvalue weighted by Crippen LogP contribution is -2.12. The molecule has 0 aliphatic rings. The molecule has 0 fully saturated rings. The summed E-state index contributed by atoms with van der Waals surface area (Å²) >= 11 is 0. The maximum Gasteiger partial charge on any atom is 0.335 e. The van der Waals surface area contributed by atoms with Gasteiger partial charge in [0.05, 0.1) is 11.1 Å². The van der Waals surface area contributed by atoms with Crippen molar-refractivity contribution in [3.8, 4) is 22.6 Å². The van der Waals surface area contributed by atoms with Crippen molar-refractivity contribution >= 4 is 22.8 Å². The third-order valence-electron chi connectivity index (χ3n) is 4.81. The number of aromatic carboxylic acids is 1. The molecule has 3 N–H and O–H groups in total. The van der Waals surface area contributed by atoms with E-state index in [1.165, 1.54) is 42.5 Å². The number of carbonyl (C=O) groups is 2. The zero-order chi connectivity index (χ0) is 23.4. The highest BCUT2D eigenvalue weighted by atomic mass is 19.1. The number of benzene rings is 2. The molecule has 0 radical (unpaired) electrons. The van der Waals surface area contributed by atoms with Crippen molar-refractivity contribution in [2.75, 3.05) is 13.2 Å². The summed E-state index contributed by atoms with van der Waals surface area (Å²) in [4.78, 5) is 30.8. The summed E-state index contributed by atoms with van der Waals surface area (Å²) in [6, 6.07) is 13.6. The third kappa shape index (κ3) is 4.87. The smallest absolute Gasteiger partial charge is 0.335 e. The molecule has 0 unspecified atom stereocenters. The van der Waals surface area contributed by atoms with Crippen LogP contribution in [0.1, 0.15) is 20.8 Å². The highest BCUT2D eigenvalue weighted by Crippen LogP contribution is 2.30. The van der Waals surface area contributed by atoms with Gasteiger partial charge in [0.1, 0.15) is 24.7 Å². The number of nitrogens with zero attached hydrogens (tertiary/aromatic N) is 2. The van der Waals surface area contributed by atoms with Gasteiger partial charge in [-0.3, -0.25) is 9.78 Å². The summed E-state index contributed by atoms with van der Waals surface area (Å²) in [5.74, 6) is -1.74. The monoisotopic (exact) mass is 447 g/mol. The standard InChI is InChI=1S/C24H18FN3O5/c25-19-11-15(18-13-27-12-16-3-7-20(23(26)29)28-22(16)18)4-8-21(19)33-10-9-32-17-5-1-14(2-6-17)24(30)31/h1-8,11-13H,9-10H2,(H2,26,29)(H,30,31). The first-order valence-corrected chi connectivity index (χ1v) is 9.86. The third-order valence-corrected chi connectivity index (χ3v) is 4.81. The minimum absolute atomic E-state index is 0.0440. The number of pyridine rings is 2. The van der Waals surface area contributed by atoms with Crippen molar-refractivity contribution in [3.63, 3.8) is 0 Å². The lowest BCUT2D eigenvalue weighted by molar-refractivity contribution is 0.0696. The van der Waals surface area contributed by atoms with Gasteiger partial charge in [-0.25, -0.2) is 14.2 Å². The first-order chi connectivity index (χ1) is 15.9. The Labute approximate surface area is 187 Å². The Morgan fingerprint density at radius 2 is 1.73 bits per heavy atom. The number of fused-ring (bicyclic) bond motifs is 1. The van der Waals surface area contributed by atoms with E-state index in [2.05, 4.69) is 9.97 Å². The molecule has 2 heterocycles. The highest BCUT2D eigenvalue weighted by Gasteiger charge is 2.12. The molecular weight excluding hydrogens is 429 g/mol. The van der Waals surface area contributed by atoms with Crippen molar-refractivity contribution in [3.05, 3.63) is 84.1 Å². The molecule has 33 heavy (non-hydrogen) atoms. The number of ether oxygens (including phenoxy) is 2. The molecule has 4 aromatic rings. The van der Waals surface area contributed by atoms with E-state index >= 15 is 0 Å². The molecule has 0 atom stereocenters. The lowest BCUT2D eigenvalue weighted by atomic mass is 10.0. The number of hydrogen-bond acceptors (Lipinski definition) is 6. The van der Waals surface area contributed by atoms with Crippen LogP contribution in [-0.4, -0.2) is 40.2 Å². The molecule has 0 bridgehead atoms. The minimum atomic E-state index is -1.02. The van der Waals surface area contributed by atoms with Gasteiger partial charge in [0, 0.05) is 23.3 Å². The van der Waals surface area contributed by atoms with Crippen molar-refractivity contribution in [1.82, 2.24) is 9.97 Å². The van der Waals surface area contributed by atoms with Crippen LogP contribution < -0.4 is 15.2 Å². The average Bonchev–Trinajstić information content (AvgIpc) is 2.82. The van der Waals surface area contributed by atoms with E-state index in [0.29, 0.717) is 27.8 Å². The Hall–Kier alpha value is -4.53. The van der Waals surface area contributed by atoms with Gasteiger partial charge in [0.2, 0.25) is 0 Å². The van der Waals surface area contributed by atoms with Gasteiger partial charge < -0.3 is 20.3 Å². The minimum Gasteiger partial charge on any atom is -0.490 e. The summed E-state index contributed by atoms with van der Waals surface area (Å²) in [6.45, 7) is 0.219. The molecule has 0 spiro atoms. The van der Waals surface area contributed by atoms with Gasteiger partial charge in [0.25, 0.3) is 5.91 Å². The number of rotatable bonds is 8. The lowest BCUT2D eigenvalue weighted by Gasteiger charge is -2.11. The SMILES string of the molecule is NC(=O)c1ccc2cncc(-c3ccc(OCCOc4ccc(C(=O)O)cc4)c(F)c3)c2n1. The second-order valence-electron chi connectivity index (χ2n) is 6.99. The predicted molar refractivity (Wildman–Crippen MR) is 118 cm³/mol. The Kier molecular flexibility index (Phi) is 6.12. The van der Waals surface area contributed by atoms with Gasteiger partial charge >= 0.3 is 5.97 Å². The van der Waals surface area contributed by atoms with Crippen LogP contribution in [0.15, 0.2) is 67.0 Å². The van der Waals surface area contributed by atoms with Gasteiger partial charge in [0.15, 0.2) is 11.6 Å². The summed E-state index contributed by atoms with van der Waals surface area (Å²) in [6.07, 6.45) is 3.14. The zero-order valence-electron chi connectivity index (χ0n) is 17.2. The van der Waals surface area contributed by atoms with Gasteiger partial charge in [-0.1, -0.05) is 6.07 Å². The summed E-state index contributed by atoms with van der Waals surface area (Å²) in [5, 5.41) is 9.59. The number of hydrogen-bond donors (Lipinski definition) is 2. The molecular formula is C24H18FN3O5. The molecule has 1 amide bonds. The van der Waals surface area contributed by atoms with Gasteiger partial charge in [-0.05, 0) is 54.1 Å². The quantitative estimate of drug-likeness (QED) is 0.395. The molecule has 8 nitrogen and oxygen atoms in total. The number of carboxylic acid groups (broad SMARTS) is 1. The van der Waals surface area contributed by atoms with E-state index in [9.17, 15) is 14.0 Å². The number of halogens is 1. The molecule has 4 rings (SSSR count). The fraction of sp³-hybridized carbons (Fsp3) is 0.0833. The highest BCUT2D eigenvalue weighted by molar-refractivity contribution is 5.97. The van der Waals surface area contributed by atoms with Gasteiger partial charge in [-0.15, -0.1) is 0 Å². The van der Waals surface area contributed by atoms with E-state index in [1.807, 2.05) is 0 Å². The number of carbonyl (C=O) groups excluding carboxylic acids is 1. The van der Waals surface area contributed by atoms with E-state index < -0.39 is 17.7 Å². The van der Waals surface area contributed by atoms with Crippen LogP contribution in [0.4, 0.5) is 4.39 Å². The summed E-state index contributed by atoms with van der Waals surface area (Å²) in [7, 11) is 0. The van der Waals surface area contributed by atoms with Crippen LogP contribution in [0.3, 0.4) is 0 Å². The topological polar surface area (TPSA) is 125 Å². The van der Waals surface area contributed by atoms with E-state index in [0.717, 1.165) is 0 Å². The van der Waals surface area contributed by atoms with Gasteiger partial charge in [-0.2, -0.15) is 0 Å². The van der Waals surface area contributed by atoms with Crippen molar-refractivity contribution in [2.45, 2.75) is 0 Å². The Morgan fingerprint density at radius 1 is 0.970 bits per heavy atom. The predicted octanol–water partition coefficient (Wildman–Crippen LogP) is 3.69. The fourth-order valence-electron chi connectivity index (χ4n) is 3.18.